The number of hydrogen-bond donors (Lipinski definition) is 2. The zero-order chi connectivity index (χ0) is 16.8. The molecule has 1 aliphatic heterocycles. The Labute approximate surface area is 147 Å². The smallest absolute Gasteiger partial charge is 0.321 e. The first kappa shape index (κ1) is 17.2. The van der Waals surface area contributed by atoms with E-state index >= 15 is 0 Å². The fourth-order valence-electron chi connectivity index (χ4n) is 3.32. The normalized spacial score (nSPS) is 17.8. The predicted octanol–water partition coefficient (Wildman–Crippen LogP) is 2.82. The Kier molecular flexibility index (Phi) is 6.04. The summed E-state index contributed by atoms with van der Waals surface area (Å²) in [5, 5.41) is 7.32. The molecule has 1 aromatic rings. The molecule has 130 valence electrons. The van der Waals surface area contributed by atoms with E-state index in [1.807, 2.05) is 0 Å². The van der Waals surface area contributed by atoms with Crippen molar-refractivity contribution in [2.45, 2.75) is 45.1 Å². The lowest BCUT2D eigenvalue weighted by Gasteiger charge is -2.25. The van der Waals surface area contributed by atoms with Crippen molar-refractivity contribution in [2.24, 2.45) is 0 Å². The molecule has 0 saturated carbocycles. The van der Waals surface area contributed by atoms with Crippen LogP contribution in [0.5, 0.6) is 0 Å². The van der Waals surface area contributed by atoms with E-state index in [4.69, 9.17) is 0 Å². The highest BCUT2D eigenvalue weighted by molar-refractivity contribution is 7.10. The number of rotatable bonds is 5. The minimum Gasteiger partial charge on any atom is -0.337 e. The van der Waals surface area contributed by atoms with E-state index in [0.29, 0.717) is 6.54 Å². The fraction of sp³-hybridized carbons (Fsp3) is 0.556. The summed E-state index contributed by atoms with van der Waals surface area (Å²) in [4.78, 5) is 27.3. The number of allylic oxidation sites excluding steroid dienone is 1. The molecule has 5 nitrogen and oxygen atoms in total. The van der Waals surface area contributed by atoms with Crippen LogP contribution in [0, 0.1) is 0 Å². The molecule has 0 fully saturated rings. The molecule has 6 heteroatoms. The van der Waals surface area contributed by atoms with Gasteiger partial charge >= 0.3 is 6.03 Å². The van der Waals surface area contributed by atoms with Crippen molar-refractivity contribution in [3.63, 3.8) is 0 Å². The quantitative estimate of drug-likeness (QED) is 0.805. The molecular formula is C18H25N3O2S. The highest BCUT2D eigenvalue weighted by atomic mass is 32.1. The number of urea groups is 1. The minimum absolute atomic E-state index is 0.233. The van der Waals surface area contributed by atoms with Gasteiger partial charge in [0, 0.05) is 24.5 Å². The van der Waals surface area contributed by atoms with Gasteiger partial charge in [-0.3, -0.25) is 15.0 Å². The number of nitrogens with one attached hydrogen (secondary N) is 2. The number of carbonyl (C=O) groups is 2. The van der Waals surface area contributed by atoms with Crippen LogP contribution in [0.15, 0.2) is 23.1 Å². The Morgan fingerprint density at radius 1 is 1.25 bits per heavy atom. The summed E-state index contributed by atoms with van der Waals surface area (Å²) in [5.41, 5.74) is 2.73. The van der Waals surface area contributed by atoms with Crippen LogP contribution in [0.3, 0.4) is 0 Å². The second-order valence-corrected chi connectivity index (χ2v) is 7.49. The van der Waals surface area contributed by atoms with Crippen LogP contribution in [-0.2, 0) is 17.8 Å². The third kappa shape index (κ3) is 4.92. The zero-order valence-electron chi connectivity index (χ0n) is 14.0. The Bertz CT molecular complexity index is 624. The maximum atomic E-state index is 12.0. The molecule has 1 aliphatic carbocycles. The van der Waals surface area contributed by atoms with Crippen molar-refractivity contribution >= 4 is 23.3 Å². The highest BCUT2D eigenvalue weighted by Crippen LogP contribution is 2.23. The molecule has 24 heavy (non-hydrogen) atoms. The van der Waals surface area contributed by atoms with Gasteiger partial charge in [0.1, 0.15) is 0 Å². The number of imide groups is 1. The first-order valence-electron chi connectivity index (χ1n) is 8.74. The SMILES string of the molecule is O=C(CN1CCc2sccc2C1)NC(=O)NCCC1=CCCCC1. The standard InChI is InChI=1S/C18H25N3O2S/c22-17(13-21-10-7-16-15(12-21)8-11-24-16)20-18(23)19-9-6-14-4-2-1-3-5-14/h4,8,11H,1-3,5-7,9-10,12-13H2,(H2,19,20,22,23). The largest absolute Gasteiger partial charge is 0.337 e. The fourth-order valence-corrected chi connectivity index (χ4v) is 4.21. The lowest BCUT2D eigenvalue weighted by molar-refractivity contribution is -0.121. The molecule has 0 saturated heterocycles. The molecule has 2 heterocycles. The van der Waals surface area contributed by atoms with Gasteiger partial charge in [-0.15, -0.1) is 11.3 Å². The average molecular weight is 347 g/mol. The number of fused-ring (bicyclic) bond motifs is 1. The van der Waals surface area contributed by atoms with Crippen molar-refractivity contribution in [3.05, 3.63) is 33.5 Å². The van der Waals surface area contributed by atoms with Gasteiger partial charge in [-0.25, -0.2) is 4.79 Å². The summed E-state index contributed by atoms with van der Waals surface area (Å²) in [5.74, 6) is -0.233. The van der Waals surface area contributed by atoms with E-state index in [0.717, 1.165) is 38.8 Å². The van der Waals surface area contributed by atoms with Crippen molar-refractivity contribution in [2.75, 3.05) is 19.6 Å². The van der Waals surface area contributed by atoms with E-state index in [-0.39, 0.29) is 18.5 Å². The topological polar surface area (TPSA) is 61.4 Å². The number of carbonyl (C=O) groups excluding carboxylic acids is 2. The zero-order valence-corrected chi connectivity index (χ0v) is 14.8. The summed E-state index contributed by atoms with van der Waals surface area (Å²) in [7, 11) is 0. The predicted molar refractivity (Wildman–Crippen MR) is 96.0 cm³/mol. The van der Waals surface area contributed by atoms with E-state index in [1.165, 1.54) is 28.9 Å². The number of nitrogens with zero attached hydrogens (tertiary/aromatic N) is 1. The van der Waals surface area contributed by atoms with Crippen LogP contribution < -0.4 is 10.6 Å². The highest BCUT2D eigenvalue weighted by Gasteiger charge is 2.20. The molecular weight excluding hydrogens is 322 g/mol. The molecule has 0 atom stereocenters. The second-order valence-electron chi connectivity index (χ2n) is 6.49. The minimum atomic E-state index is -0.385. The maximum absolute atomic E-state index is 12.0. The lowest BCUT2D eigenvalue weighted by Crippen LogP contribution is -2.45. The van der Waals surface area contributed by atoms with Gasteiger partial charge in [-0.1, -0.05) is 11.6 Å². The molecule has 0 unspecified atom stereocenters. The van der Waals surface area contributed by atoms with Crippen LogP contribution in [0.1, 0.15) is 42.5 Å². The molecule has 0 bridgehead atoms. The Morgan fingerprint density at radius 3 is 3.00 bits per heavy atom. The van der Waals surface area contributed by atoms with Crippen molar-refractivity contribution in [1.82, 2.24) is 15.5 Å². The molecule has 1 aromatic heterocycles. The molecule has 0 radical (unpaired) electrons. The Balaban J connectivity index is 1.34. The lowest BCUT2D eigenvalue weighted by atomic mass is 9.97. The van der Waals surface area contributed by atoms with E-state index in [9.17, 15) is 9.59 Å². The third-order valence-electron chi connectivity index (χ3n) is 4.62. The van der Waals surface area contributed by atoms with Crippen molar-refractivity contribution in [3.8, 4) is 0 Å². The van der Waals surface area contributed by atoms with Crippen molar-refractivity contribution < 1.29 is 9.59 Å². The number of amides is 3. The summed E-state index contributed by atoms with van der Waals surface area (Å²) in [6.07, 6.45) is 8.97. The van der Waals surface area contributed by atoms with Crippen LogP contribution in [-0.4, -0.2) is 36.5 Å². The van der Waals surface area contributed by atoms with E-state index in [1.54, 1.807) is 11.3 Å². The molecule has 2 N–H and O–H groups in total. The molecule has 0 aromatic carbocycles. The van der Waals surface area contributed by atoms with Gasteiger partial charge in [0.2, 0.25) is 5.91 Å². The Morgan fingerprint density at radius 2 is 2.17 bits per heavy atom. The maximum Gasteiger partial charge on any atom is 0.321 e. The summed E-state index contributed by atoms with van der Waals surface area (Å²) >= 11 is 1.78. The molecule has 3 rings (SSSR count). The second kappa shape index (κ2) is 8.44. The third-order valence-corrected chi connectivity index (χ3v) is 5.65. The van der Waals surface area contributed by atoms with Gasteiger partial charge in [0.25, 0.3) is 0 Å². The Hall–Kier alpha value is -1.66. The number of hydrogen-bond acceptors (Lipinski definition) is 4. The van der Waals surface area contributed by atoms with Gasteiger partial charge in [-0.2, -0.15) is 0 Å². The monoisotopic (exact) mass is 347 g/mol. The van der Waals surface area contributed by atoms with Crippen LogP contribution in [0.25, 0.3) is 0 Å². The molecule has 0 spiro atoms. The van der Waals surface area contributed by atoms with E-state index in [2.05, 4.69) is 33.1 Å². The van der Waals surface area contributed by atoms with Gasteiger partial charge < -0.3 is 5.32 Å². The van der Waals surface area contributed by atoms with Gasteiger partial charge in [-0.05, 0) is 55.5 Å². The molecule has 3 amide bonds. The van der Waals surface area contributed by atoms with Crippen molar-refractivity contribution in [1.29, 1.82) is 0 Å². The van der Waals surface area contributed by atoms with Crippen LogP contribution in [0.4, 0.5) is 4.79 Å². The summed E-state index contributed by atoms with van der Waals surface area (Å²) in [6.45, 7) is 2.53. The average Bonchev–Trinajstić information content (AvgIpc) is 3.03. The molecule has 2 aliphatic rings. The first-order chi connectivity index (χ1) is 11.7. The van der Waals surface area contributed by atoms with E-state index < -0.39 is 0 Å². The van der Waals surface area contributed by atoms with Gasteiger partial charge in [0.05, 0.1) is 6.54 Å². The number of thiophene rings is 1. The summed E-state index contributed by atoms with van der Waals surface area (Å²) < 4.78 is 0. The van der Waals surface area contributed by atoms with Crippen LogP contribution in [0.2, 0.25) is 0 Å². The first-order valence-corrected chi connectivity index (χ1v) is 9.62. The summed E-state index contributed by atoms with van der Waals surface area (Å²) in [6, 6.07) is 1.74. The van der Waals surface area contributed by atoms with Gasteiger partial charge in [0.15, 0.2) is 0 Å². The van der Waals surface area contributed by atoms with Crippen LogP contribution >= 0.6 is 11.3 Å².